The first-order valence-corrected chi connectivity index (χ1v) is 5.19. The molecule has 1 atom stereocenters. The Labute approximate surface area is 84.3 Å². The van der Waals surface area contributed by atoms with E-state index in [-0.39, 0.29) is 11.9 Å². The largest absolute Gasteiger partial charge is 0.313 e. The van der Waals surface area contributed by atoms with Crippen molar-refractivity contribution in [3.05, 3.63) is 34.6 Å². The Morgan fingerprint density at radius 1 is 1.43 bits per heavy atom. The van der Waals surface area contributed by atoms with E-state index in [1.54, 1.807) is 0 Å². The van der Waals surface area contributed by atoms with Gasteiger partial charge in [-0.3, -0.25) is 0 Å². The minimum Gasteiger partial charge on any atom is -0.313 e. The van der Waals surface area contributed by atoms with Crippen LogP contribution in [-0.2, 0) is 6.42 Å². The van der Waals surface area contributed by atoms with Crippen LogP contribution in [0.2, 0.25) is 0 Å². The molecular formula is C12H16FN. The predicted octanol–water partition coefficient (Wildman–Crippen LogP) is 2.73. The molecular weight excluding hydrogens is 177 g/mol. The van der Waals surface area contributed by atoms with Crippen molar-refractivity contribution in [1.29, 1.82) is 0 Å². The lowest BCUT2D eigenvalue weighted by Crippen LogP contribution is -2.23. The van der Waals surface area contributed by atoms with Gasteiger partial charge < -0.3 is 5.32 Å². The fourth-order valence-electron chi connectivity index (χ4n) is 2.27. The summed E-state index contributed by atoms with van der Waals surface area (Å²) in [6, 6.07) is 4.15. The summed E-state index contributed by atoms with van der Waals surface area (Å²) in [5.41, 5.74) is 2.84. The van der Waals surface area contributed by atoms with Crippen LogP contribution in [0.25, 0.3) is 0 Å². The van der Waals surface area contributed by atoms with Crippen LogP contribution >= 0.6 is 0 Å². The van der Waals surface area contributed by atoms with Crippen molar-refractivity contribution in [2.75, 3.05) is 7.05 Å². The SMILES string of the molecule is CNC1CCCc2ccc(C)c(F)c21. The second-order valence-electron chi connectivity index (χ2n) is 4.00. The van der Waals surface area contributed by atoms with Gasteiger partial charge in [-0.15, -0.1) is 0 Å². The number of halogens is 1. The van der Waals surface area contributed by atoms with Crippen LogP contribution in [0.3, 0.4) is 0 Å². The summed E-state index contributed by atoms with van der Waals surface area (Å²) in [7, 11) is 1.90. The van der Waals surface area contributed by atoms with Gasteiger partial charge in [-0.1, -0.05) is 12.1 Å². The maximum Gasteiger partial charge on any atom is 0.131 e. The average molecular weight is 193 g/mol. The number of benzene rings is 1. The molecule has 76 valence electrons. The van der Waals surface area contributed by atoms with Crippen molar-refractivity contribution >= 4 is 0 Å². The zero-order valence-electron chi connectivity index (χ0n) is 8.73. The number of rotatable bonds is 1. The summed E-state index contributed by atoms with van der Waals surface area (Å²) in [6.07, 6.45) is 3.22. The maximum absolute atomic E-state index is 13.9. The van der Waals surface area contributed by atoms with Gasteiger partial charge in [0.2, 0.25) is 0 Å². The maximum atomic E-state index is 13.9. The summed E-state index contributed by atoms with van der Waals surface area (Å²) >= 11 is 0. The molecule has 0 saturated heterocycles. The van der Waals surface area contributed by atoms with Crippen LogP contribution in [-0.4, -0.2) is 7.05 Å². The normalized spacial score (nSPS) is 20.6. The van der Waals surface area contributed by atoms with Gasteiger partial charge in [-0.2, -0.15) is 0 Å². The van der Waals surface area contributed by atoms with Crippen LogP contribution in [0.4, 0.5) is 4.39 Å². The third-order valence-electron chi connectivity index (χ3n) is 3.10. The summed E-state index contributed by atoms with van der Waals surface area (Å²) in [4.78, 5) is 0. The first-order valence-electron chi connectivity index (χ1n) is 5.19. The first kappa shape index (κ1) is 9.66. The number of hydrogen-bond donors (Lipinski definition) is 1. The lowest BCUT2D eigenvalue weighted by atomic mass is 9.86. The molecule has 1 unspecified atom stereocenters. The van der Waals surface area contributed by atoms with Crippen LogP contribution in [0.15, 0.2) is 12.1 Å². The third kappa shape index (κ3) is 1.44. The fraction of sp³-hybridized carbons (Fsp3) is 0.500. The highest BCUT2D eigenvalue weighted by molar-refractivity contribution is 5.37. The molecule has 0 bridgehead atoms. The number of aryl methyl sites for hydroxylation is 2. The average Bonchev–Trinajstić information content (AvgIpc) is 2.23. The molecule has 2 rings (SSSR count). The lowest BCUT2D eigenvalue weighted by Gasteiger charge is -2.26. The van der Waals surface area contributed by atoms with Crippen molar-refractivity contribution in [1.82, 2.24) is 5.32 Å². The Hall–Kier alpha value is -0.890. The van der Waals surface area contributed by atoms with Gasteiger partial charge in [0.25, 0.3) is 0 Å². The summed E-state index contributed by atoms with van der Waals surface area (Å²) in [6.45, 7) is 1.83. The number of fused-ring (bicyclic) bond motifs is 1. The second kappa shape index (κ2) is 3.70. The second-order valence-corrected chi connectivity index (χ2v) is 4.00. The molecule has 0 radical (unpaired) electrons. The van der Waals surface area contributed by atoms with Gasteiger partial charge in [0, 0.05) is 11.6 Å². The van der Waals surface area contributed by atoms with E-state index in [0.717, 1.165) is 30.4 Å². The van der Waals surface area contributed by atoms with Gasteiger partial charge in [-0.05, 0) is 44.4 Å². The van der Waals surface area contributed by atoms with Crippen molar-refractivity contribution in [3.63, 3.8) is 0 Å². The van der Waals surface area contributed by atoms with Crippen molar-refractivity contribution in [3.8, 4) is 0 Å². The van der Waals surface area contributed by atoms with Crippen LogP contribution in [0.1, 0.15) is 35.6 Å². The zero-order chi connectivity index (χ0) is 10.1. The molecule has 0 aliphatic heterocycles. The quantitative estimate of drug-likeness (QED) is 0.723. The van der Waals surface area contributed by atoms with E-state index in [1.807, 2.05) is 20.0 Å². The molecule has 2 heteroatoms. The van der Waals surface area contributed by atoms with Crippen LogP contribution < -0.4 is 5.32 Å². The molecule has 0 amide bonds. The molecule has 14 heavy (non-hydrogen) atoms. The lowest BCUT2D eigenvalue weighted by molar-refractivity contribution is 0.463. The Balaban J connectivity index is 2.53. The Morgan fingerprint density at radius 3 is 2.93 bits per heavy atom. The van der Waals surface area contributed by atoms with Gasteiger partial charge in [0.1, 0.15) is 5.82 Å². The van der Waals surface area contributed by atoms with Gasteiger partial charge in [0.15, 0.2) is 0 Å². The Bertz CT molecular complexity index is 346. The molecule has 1 aliphatic carbocycles. The van der Waals surface area contributed by atoms with E-state index in [4.69, 9.17) is 0 Å². The minimum atomic E-state index is -0.0125. The Morgan fingerprint density at radius 2 is 2.21 bits per heavy atom. The van der Waals surface area contributed by atoms with Gasteiger partial charge >= 0.3 is 0 Å². The number of nitrogens with one attached hydrogen (secondary N) is 1. The molecule has 0 aromatic heterocycles. The molecule has 0 heterocycles. The van der Waals surface area contributed by atoms with E-state index in [9.17, 15) is 4.39 Å². The highest BCUT2D eigenvalue weighted by Crippen LogP contribution is 2.32. The predicted molar refractivity (Wildman–Crippen MR) is 55.9 cm³/mol. The third-order valence-corrected chi connectivity index (χ3v) is 3.10. The molecule has 1 aromatic rings. The van der Waals surface area contributed by atoms with E-state index >= 15 is 0 Å². The monoisotopic (exact) mass is 193 g/mol. The standard InChI is InChI=1S/C12H16FN/c1-8-6-7-9-4-3-5-10(14-2)11(9)12(8)13/h6-7,10,14H,3-5H2,1-2H3. The molecule has 0 saturated carbocycles. The molecule has 1 N–H and O–H groups in total. The molecule has 1 nitrogen and oxygen atoms in total. The van der Waals surface area contributed by atoms with Crippen molar-refractivity contribution in [2.24, 2.45) is 0 Å². The molecule has 1 aliphatic rings. The summed E-state index contributed by atoms with van der Waals surface area (Å²) < 4.78 is 13.9. The van der Waals surface area contributed by atoms with E-state index in [2.05, 4.69) is 11.4 Å². The van der Waals surface area contributed by atoms with Gasteiger partial charge in [-0.25, -0.2) is 4.39 Å². The summed E-state index contributed by atoms with van der Waals surface area (Å²) in [5, 5.41) is 3.19. The highest BCUT2D eigenvalue weighted by atomic mass is 19.1. The van der Waals surface area contributed by atoms with E-state index in [0.29, 0.717) is 0 Å². The molecule has 1 aromatic carbocycles. The molecule has 0 spiro atoms. The zero-order valence-corrected chi connectivity index (χ0v) is 8.73. The van der Waals surface area contributed by atoms with E-state index in [1.165, 1.54) is 5.56 Å². The molecule has 0 fully saturated rings. The number of hydrogen-bond acceptors (Lipinski definition) is 1. The van der Waals surface area contributed by atoms with Crippen molar-refractivity contribution < 1.29 is 4.39 Å². The highest BCUT2D eigenvalue weighted by Gasteiger charge is 2.22. The van der Waals surface area contributed by atoms with Gasteiger partial charge in [0.05, 0.1) is 0 Å². The van der Waals surface area contributed by atoms with Crippen LogP contribution in [0.5, 0.6) is 0 Å². The topological polar surface area (TPSA) is 12.0 Å². The summed E-state index contributed by atoms with van der Waals surface area (Å²) in [5.74, 6) is -0.0125. The fourth-order valence-corrected chi connectivity index (χ4v) is 2.27. The minimum absolute atomic E-state index is 0.0125. The van der Waals surface area contributed by atoms with E-state index < -0.39 is 0 Å². The van der Waals surface area contributed by atoms with Crippen LogP contribution in [0, 0.1) is 12.7 Å². The smallest absolute Gasteiger partial charge is 0.131 e. The van der Waals surface area contributed by atoms with Crippen molar-refractivity contribution in [2.45, 2.75) is 32.2 Å². The Kier molecular flexibility index (Phi) is 2.55. The first-order chi connectivity index (χ1) is 6.74.